The van der Waals surface area contributed by atoms with E-state index in [9.17, 15) is 10.1 Å². The van der Waals surface area contributed by atoms with E-state index in [0.717, 1.165) is 11.1 Å². The lowest BCUT2D eigenvalue weighted by Crippen LogP contribution is -2.21. The summed E-state index contributed by atoms with van der Waals surface area (Å²) in [6.07, 6.45) is 1.68. The number of nitriles is 1. The molecule has 0 bridgehead atoms. The van der Waals surface area contributed by atoms with E-state index in [1.165, 1.54) is 0 Å². The fourth-order valence-electron chi connectivity index (χ4n) is 2.45. The van der Waals surface area contributed by atoms with Crippen molar-refractivity contribution in [3.63, 3.8) is 0 Å². The van der Waals surface area contributed by atoms with Crippen molar-refractivity contribution in [1.29, 1.82) is 5.26 Å². The molecule has 0 fully saturated rings. The van der Waals surface area contributed by atoms with Gasteiger partial charge >= 0.3 is 0 Å². The summed E-state index contributed by atoms with van der Waals surface area (Å²) >= 11 is 3.33. The normalized spacial score (nSPS) is 10.2. The summed E-state index contributed by atoms with van der Waals surface area (Å²) in [6, 6.07) is 20.9. The van der Waals surface area contributed by atoms with Gasteiger partial charge in [-0.3, -0.25) is 4.79 Å². The van der Waals surface area contributed by atoms with Gasteiger partial charge in [0.1, 0.15) is 16.8 Å². The summed E-state index contributed by atoms with van der Waals surface area (Å²) < 4.78 is 7.67. The molecule has 1 heterocycles. The maximum atomic E-state index is 12.6. The Morgan fingerprint density at radius 1 is 1.04 bits per heavy atom. The van der Waals surface area contributed by atoms with Crippen LogP contribution < -0.4 is 10.3 Å². The topological polar surface area (TPSA) is 55.0 Å². The molecule has 3 rings (SSSR count). The van der Waals surface area contributed by atoms with Crippen LogP contribution in [0, 0.1) is 11.3 Å². The van der Waals surface area contributed by atoms with E-state index >= 15 is 0 Å². The van der Waals surface area contributed by atoms with E-state index in [0.29, 0.717) is 28.9 Å². The van der Waals surface area contributed by atoms with Gasteiger partial charge in [-0.2, -0.15) is 5.26 Å². The molecule has 124 valence electrons. The summed E-state index contributed by atoms with van der Waals surface area (Å²) in [7, 11) is 0. The fraction of sp³-hybridized carbons (Fsp3) is 0.100. The van der Waals surface area contributed by atoms with Crippen LogP contribution in [0.15, 0.2) is 76.1 Å². The number of halogens is 1. The first-order valence-electron chi connectivity index (χ1n) is 7.72. The molecule has 0 amide bonds. The van der Waals surface area contributed by atoms with Gasteiger partial charge in [-0.05, 0) is 39.2 Å². The molecule has 0 aliphatic rings. The van der Waals surface area contributed by atoms with Crippen molar-refractivity contribution in [2.75, 3.05) is 0 Å². The second-order valence-electron chi connectivity index (χ2n) is 5.47. The lowest BCUT2D eigenvalue weighted by Gasteiger charge is -2.12. The first kappa shape index (κ1) is 17.0. The van der Waals surface area contributed by atoms with Gasteiger partial charge < -0.3 is 9.30 Å². The van der Waals surface area contributed by atoms with E-state index in [2.05, 4.69) is 22.0 Å². The van der Waals surface area contributed by atoms with Crippen LogP contribution >= 0.6 is 15.9 Å². The Morgan fingerprint density at radius 3 is 2.52 bits per heavy atom. The zero-order chi connectivity index (χ0) is 17.6. The quantitative estimate of drug-likeness (QED) is 0.654. The summed E-state index contributed by atoms with van der Waals surface area (Å²) in [5.41, 5.74) is 2.20. The third-order valence-corrected chi connectivity index (χ3v) is 4.52. The largest absolute Gasteiger partial charge is 0.487 e. The third kappa shape index (κ3) is 3.98. The molecule has 1 aromatic heterocycles. The fourth-order valence-corrected chi connectivity index (χ4v) is 2.93. The average Bonchev–Trinajstić information content (AvgIpc) is 2.66. The van der Waals surface area contributed by atoms with Crippen LogP contribution in [-0.4, -0.2) is 4.57 Å². The molecule has 3 aromatic rings. The van der Waals surface area contributed by atoms with Gasteiger partial charge in [0, 0.05) is 6.20 Å². The van der Waals surface area contributed by atoms with Crippen molar-refractivity contribution in [2.45, 2.75) is 13.2 Å². The van der Waals surface area contributed by atoms with Crippen molar-refractivity contribution < 1.29 is 4.74 Å². The number of hydrogen-bond donors (Lipinski definition) is 0. The molecule has 25 heavy (non-hydrogen) atoms. The van der Waals surface area contributed by atoms with Crippen molar-refractivity contribution >= 4 is 15.9 Å². The second-order valence-corrected chi connectivity index (χ2v) is 6.26. The zero-order valence-corrected chi connectivity index (χ0v) is 14.9. The van der Waals surface area contributed by atoms with Gasteiger partial charge in [-0.15, -0.1) is 0 Å². The average molecular weight is 395 g/mol. The molecule has 0 aliphatic heterocycles. The minimum absolute atomic E-state index is 0.196. The molecule has 0 spiro atoms. The lowest BCUT2D eigenvalue weighted by molar-refractivity contribution is 0.302. The van der Waals surface area contributed by atoms with Crippen molar-refractivity contribution in [3.8, 4) is 11.8 Å². The van der Waals surface area contributed by atoms with Crippen molar-refractivity contribution in [1.82, 2.24) is 4.57 Å². The number of aromatic nitrogens is 1. The van der Waals surface area contributed by atoms with Crippen LogP contribution in [0.3, 0.4) is 0 Å². The molecule has 0 N–H and O–H groups in total. The number of nitrogens with zero attached hydrogens (tertiary/aromatic N) is 2. The summed E-state index contributed by atoms with van der Waals surface area (Å²) in [6.45, 7) is 0.723. The number of ether oxygens (including phenoxy) is 1. The highest BCUT2D eigenvalue weighted by molar-refractivity contribution is 9.10. The van der Waals surface area contributed by atoms with Crippen LogP contribution in [0.4, 0.5) is 0 Å². The van der Waals surface area contributed by atoms with Crippen LogP contribution in [0.5, 0.6) is 5.75 Å². The Labute approximate surface area is 154 Å². The summed E-state index contributed by atoms with van der Waals surface area (Å²) in [5, 5.41) is 9.18. The first-order chi connectivity index (χ1) is 12.2. The Morgan fingerprint density at radius 2 is 1.76 bits per heavy atom. The summed E-state index contributed by atoms with van der Waals surface area (Å²) in [5.74, 6) is 0.499. The highest BCUT2D eigenvalue weighted by atomic mass is 79.9. The standard InChI is InChI=1S/C20H15BrN2O2/c21-19-18(25-14-15-6-2-1-3-7-15)10-11-23(20(19)24)13-17-9-5-4-8-16(17)12-22/h1-11H,13-14H2. The minimum atomic E-state index is -0.196. The SMILES string of the molecule is N#Cc1ccccc1Cn1ccc(OCc2ccccc2)c(Br)c1=O. The van der Waals surface area contributed by atoms with E-state index in [1.807, 2.05) is 42.5 Å². The van der Waals surface area contributed by atoms with Crippen LogP contribution in [0.1, 0.15) is 16.7 Å². The van der Waals surface area contributed by atoms with Crippen LogP contribution in [-0.2, 0) is 13.2 Å². The first-order valence-corrected chi connectivity index (χ1v) is 8.52. The maximum Gasteiger partial charge on any atom is 0.268 e. The van der Waals surface area contributed by atoms with E-state index in [1.54, 1.807) is 29.0 Å². The van der Waals surface area contributed by atoms with E-state index < -0.39 is 0 Å². The molecule has 0 unspecified atom stereocenters. The van der Waals surface area contributed by atoms with Gasteiger partial charge in [-0.1, -0.05) is 48.5 Å². The molecule has 0 aliphatic carbocycles. The highest BCUT2D eigenvalue weighted by Gasteiger charge is 2.10. The molecule has 0 radical (unpaired) electrons. The van der Waals surface area contributed by atoms with E-state index in [-0.39, 0.29) is 5.56 Å². The molecule has 0 saturated heterocycles. The van der Waals surface area contributed by atoms with Gasteiger partial charge in [0.15, 0.2) is 0 Å². The third-order valence-electron chi connectivity index (χ3n) is 3.79. The molecule has 0 atom stereocenters. The van der Waals surface area contributed by atoms with Crippen LogP contribution in [0.25, 0.3) is 0 Å². The predicted octanol–water partition coefficient (Wildman–Crippen LogP) is 4.11. The van der Waals surface area contributed by atoms with Gasteiger partial charge in [0.25, 0.3) is 5.56 Å². The molecular weight excluding hydrogens is 380 g/mol. The smallest absolute Gasteiger partial charge is 0.268 e. The Kier molecular flexibility index (Phi) is 5.32. The zero-order valence-electron chi connectivity index (χ0n) is 13.4. The second kappa shape index (κ2) is 7.82. The monoisotopic (exact) mass is 394 g/mol. The molecule has 5 heteroatoms. The van der Waals surface area contributed by atoms with Gasteiger partial charge in [-0.25, -0.2) is 0 Å². The Bertz CT molecular complexity index is 975. The van der Waals surface area contributed by atoms with Crippen molar-refractivity contribution in [3.05, 3.63) is 98.4 Å². The molecule has 0 saturated carbocycles. The Balaban J connectivity index is 1.81. The lowest BCUT2D eigenvalue weighted by atomic mass is 10.1. The number of hydrogen-bond acceptors (Lipinski definition) is 3. The number of benzene rings is 2. The molecular formula is C20H15BrN2O2. The molecule has 4 nitrogen and oxygen atoms in total. The summed E-state index contributed by atoms with van der Waals surface area (Å²) in [4.78, 5) is 12.6. The van der Waals surface area contributed by atoms with Crippen LogP contribution in [0.2, 0.25) is 0 Å². The number of pyridine rings is 1. The minimum Gasteiger partial charge on any atom is -0.487 e. The van der Waals surface area contributed by atoms with E-state index in [4.69, 9.17) is 4.74 Å². The highest BCUT2D eigenvalue weighted by Crippen LogP contribution is 2.22. The number of rotatable bonds is 5. The predicted molar refractivity (Wildman–Crippen MR) is 99.4 cm³/mol. The van der Waals surface area contributed by atoms with Gasteiger partial charge in [0.05, 0.1) is 18.2 Å². The molecule has 2 aromatic carbocycles. The van der Waals surface area contributed by atoms with Gasteiger partial charge in [0.2, 0.25) is 0 Å². The van der Waals surface area contributed by atoms with Crippen molar-refractivity contribution in [2.24, 2.45) is 0 Å². The maximum absolute atomic E-state index is 12.6. The Hall–Kier alpha value is -2.84.